The summed E-state index contributed by atoms with van der Waals surface area (Å²) in [6.45, 7) is 2.22. The third-order valence-electron chi connectivity index (χ3n) is 5.56. The van der Waals surface area contributed by atoms with Crippen molar-refractivity contribution >= 4 is 11.9 Å². The maximum absolute atomic E-state index is 13.1. The van der Waals surface area contributed by atoms with Crippen LogP contribution in [0.1, 0.15) is 50.5 Å². The van der Waals surface area contributed by atoms with Crippen LogP contribution in [0.25, 0.3) is 0 Å². The first kappa shape index (κ1) is 23.3. The molecule has 0 saturated heterocycles. The number of hydrogen-bond acceptors (Lipinski definition) is 5. The Hall–Kier alpha value is -3.88. The fraction of sp³-hybridized carbons (Fsp3) is 0.240. The van der Waals surface area contributed by atoms with Crippen LogP contribution in [0.15, 0.2) is 60.8 Å². The van der Waals surface area contributed by atoms with Gasteiger partial charge in [-0.1, -0.05) is 30.3 Å². The van der Waals surface area contributed by atoms with Gasteiger partial charge in [-0.3, -0.25) is 4.79 Å². The third-order valence-corrected chi connectivity index (χ3v) is 5.56. The molecule has 1 aliphatic rings. The van der Waals surface area contributed by atoms with Gasteiger partial charge in [0.05, 0.1) is 6.04 Å². The highest BCUT2D eigenvalue weighted by molar-refractivity contribution is 6.02. The number of halogens is 3. The summed E-state index contributed by atoms with van der Waals surface area (Å²) >= 11 is 0. The van der Waals surface area contributed by atoms with Crippen LogP contribution in [-0.2, 0) is 6.54 Å². The molecule has 0 aliphatic carbocycles. The van der Waals surface area contributed by atoms with E-state index < -0.39 is 24.8 Å². The van der Waals surface area contributed by atoms with E-state index in [1.807, 2.05) is 6.92 Å². The lowest BCUT2D eigenvalue weighted by atomic mass is 10.0. The molecule has 6 nitrogen and oxygen atoms in total. The highest BCUT2D eigenvalue weighted by Crippen LogP contribution is 2.34. The second kappa shape index (κ2) is 9.17. The number of carbonyl (C=O) groups excluding carboxylic acids is 2. The molecule has 1 aromatic heterocycles. The van der Waals surface area contributed by atoms with Crippen LogP contribution in [0.4, 0.5) is 13.2 Å². The molecule has 1 atom stereocenters. The average Bonchev–Trinajstić information content (AvgIpc) is 3.14. The van der Waals surface area contributed by atoms with E-state index in [0.717, 1.165) is 5.56 Å². The molecule has 0 radical (unpaired) electrons. The molecule has 4 rings (SSSR count). The van der Waals surface area contributed by atoms with Crippen LogP contribution < -0.4 is 9.47 Å². The molecule has 0 saturated carbocycles. The smallest absolute Gasteiger partial charge is 0.422 e. The summed E-state index contributed by atoms with van der Waals surface area (Å²) in [5.74, 6) is -0.440. The summed E-state index contributed by atoms with van der Waals surface area (Å²) in [5.41, 5.74) is 2.15. The minimum atomic E-state index is -4.43. The van der Waals surface area contributed by atoms with Crippen LogP contribution in [-0.4, -0.2) is 34.5 Å². The minimum absolute atomic E-state index is 0.0662. The van der Waals surface area contributed by atoms with Crippen LogP contribution >= 0.6 is 0 Å². The van der Waals surface area contributed by atoms with Gasteiger partial charge in [-0.05, 0) is 49.2 Å². The number of para-hydroxylation sites is 1. The zero-order valence-corrected chi connectivity index (χ0v) is 18.4. The molecular formula is C25H21F3N2O4. The predicted molar refractivity (Wildman–Crippen MR) is 117 cm³/mol. The zero-order valence-electron chi connectivity index (χ0n) is 18.4. The molecule has 0 N–H and O–H groups in total. The van der Waals surface area contributed by atoms with Crippen molar-refractivity contribution in [2.24, 2.45) is 0 Å². The van der Waals surface area contributed by atoms with Gasteiger partial charge in [0.15, 0.2) is 12.3 Å². The van der Waals surface area contributed by atoms with Crippen molar-refractivity contribution in [3.8, 4) is 11.5 Å². The van der Waals surface area contributed by atoms with Crippen LogP contribution in [0.3, 0.4) is 0 Å². The van der Waals surface area contributed by atoms with E-state index in [4.69, 9.17) is 9.47 Å². The van der Waals surface area contributed by atoms with E-state index in [-0.39, 0.29) is 23.9 Å². The Balaban J connectivity index is 1.53. The van der Waals surface area contributed by atoms with E-state index >= 15 is 0 Å². The highest BCUT2D eigenvalue weighted by Gasteiger charge is 2.35. The lowest BCUT2D eigenvalue weighted by Gasteiger charge is -2.25. The number of nitrogens with zero attached hydrogens (tertiary/aromatic N) is 2. The third kappa shape index (κ3) is 4.88. The molecule has 0 spiro atoms. The number of aryl methyl sites for hydroxylation is 1. The number of hydrogen-bond donors (Lipinski definition) is 0. The van der Waals surface area contributed by atoms with Gasteiger partial charge in [-0.2, -0.15) is 13.2 Å². The monoisotopic (exact) mass is 470 g/mol. The van der Waals surface area contributed by atoms with Crippen LogP contribution in [0, 0.1) is 6.92 Å². The minimum Gasteiger partial charge on any atom is -0.484 e. The highest BCUT2D eigenvalue weighted by atomic mass is 19.4. The van der Waals surface area contributed by atoms with Crippen molar-refractivity contribution in [3.63, 3.8) is 0 Å². The van der Waals surface area contributed by atoms with Crippen molar-refractivity contribution < 1.29 is 32.2 Å². The number of benzene rings is 2. The van der Waals surface area contributed by atoms with Crippen molar-refractivity contribution in [2.45, 2.75) is 32.6 Å². The van der Waals surface area contributed by atoms with Crippen molar-refractivity contribution in [3.05, 3.63) is 88.7 Å². The second-order valence-corrected chi connectivity index (χ2v) is 7.93. The largest absolute Gasteiger partial charge is 0.484 e. The summed E-state index contributed by atoms with van der Waals surface area (Å²) in [7, 11) is 0. The molecular weight excluding hydrogens is 449 g/mol. The number of rotatable bonds is 6. The van der Waals surface area contributed by atoms with E-state index in [9.17, 15) is 22.8 Å². The molecule has 1 unspecified atom stereocenters. The van der Waals surface area contributed by atoms with E-state index in [1.165, 1.54) is 12.3 Å². The lowest BCUT2D eigenvalue weighted by molar-refractivity contribution is -0.153. The molecule has 3 aromatic rings. The van der Waals surface area contributed by atoms with Gasteiger partial charge >= 0.3 is 12.1 Å². The van der Waals surface area contributed by atoms with Gasteiger partial charge in [0, 0.05) is 23.9 Å². The van der Waals surface area contributed by atoms with Crippen LogP contribution in [0.2, 0.25) is 0 Å². The zero-order chi connectivity index (χ0) is 24.5. The number of amides is 1. The Labute approximate surface area is 193 Å². The Morgan fingerprint density at radius 3 is 2.56 bits per heavy atom. The fourth-order valence-electron chi connectivity index (χ4n) is 3.82. The lowest BCUT2D eigenvalue weighted by Crippen LogP contribution is -2.27. The molecule has 1 aliphatic heterocycles. The second-order valence-electron chi connectivity index (χ2n) is 7.93. The van der Waals surface area contributed by atoms with Crippen molar-refractivity contribution in [1.29, 1.82) is 0 Å². The topological polar surface area (TPSA) is 68.7 Å². The Bertz CT molecular complexity index is 1230. The van der Waals surface area contributed by atoms with Gasteiger partial charge in [-0.25, -0.2) is 9.78 Å². The van der Waals surface area contributed by atoms with Gasteiger partial charge in [0.2, 0.25) is 0 Å². The summed E-state index contributed by atoms with van der Waals surface area (Å²) < 4.78 is 47.6. The van der Waals surface area contributed by atoms with Gasteiger partial charge in [0.1, 0.15) is 11.5 Å². The van der Waals surface area contributed by atoms with E-state index in [2.05, 4.69) is 4.98 Å². The Kier molecular flexibility index (Phi) is 6.28. The number of ether oxygens (including phenoxy) is 2. The average molecular weight is 470 g/mol. The van der Waals surface area contributed by atoms with E-state index in [0.29, 0.717) is 22.4 Å². The summed E-state index contributed by atoms with van der Waals surface area (Å²) in [5, 5.41) is 0. The molecule has 2 aromatic carbocycles. The number of alkyl halides is 3. The molecule has 9 heteroatoms. The normalized spacial score (nSPS) is 14.0. The predicted octanol–water partition coefficient (Wildman–Crippen LogP) is 5.27. The molecule has 176 valence electrons. The first-order chi connectivity index (χ1) is 16.1. The molecule has 1 amide bonds. The maximum atomic E-state index is 13.1. The van der Waals surface area contributed by atoms with Gasteiger partial charge in [-0.15, -0.1) is 0 Å². The molecule has 0 bridgehead atoms. The molecule has 0 fully saturated rings. The fourth-order valence-corrected chi connectivity index (χ4v) is 3.82. The van der Waals surface area contributed by atoms with Crippen LogP contribution in [0.5, 0.6) is 11.5 Å². The summed E-state index contributed by atoms with van der Waals surface area (Å²) in [6.07, 6.45) is -3.04. The summed E-state index contributed by atoms with van der Waals surface area (Å²) in [6, 6.07) is 14.5. The number of carbonyl (C=O) groups is 2. The Morgan fingerprint density at radius 1 is 1.15 bits per heavy atom. The maximum Gasteiger partial charge on any atom is 0.422 e. The standard InChI is InChI=1S/C25H21F3N2O4/c1-15-12-17(8-9-21(15)33-14-25(26,27)28)16(2)30-13-20-19(23(30)31)10-11-29-22(20)24(32)34-18-6-4-3-5-7-18/h3-12,16H,13-14H2,1-2H3. The number of pyridine rings is 1. The molecule has 2 heterocycles. The van der Waals surface area contributed by atoms with Gasteiger partial charge in [0.25, 0.3) is 5.91 Å². The first-order valence-corrected chi connectivity index (χ1v) is 10.5. The number of esters is 1. The SMILES string of the molecule is Cc1cc(C(C)N2Cc3c(ccnc3C(=O)Oc3ccccc3)C2=O)ccc1OCC(F)(F)F. The quantitative estimate of drug-likeness (QED) is 0.363. The van der Waals surface area contributed by atoms with Crippen molar-refractivity contribution in [1.82, 2.24) is 9.88 Å². The van der Waals surface area contributed by atoms with Gasteiger partial charge < -0.3 is 14.4 Å². The summed E-state index contributed by atoms with van der Waals surface area (Å²) in [4.78, 5) is 31.6. The number of fused-ring (bicyclic) bond motifs is 1. The molecule has 34 heavy (non-hydrogen) atoms. The van der Waals surface area contributed by atoms with Crippen molar-refractivity contribution in [2.75, 3.05) is 6.61 Å². The number of aromatic nitrogens is 1. The first-order valence-electron chi connectivity index (χ1n) is 10.5. The Morgan fingerprint density at radius 2 is 1.88 bits per heavy atom. The van der Waals surface area contributed by atoms with E-state index in [1.54, 1.807) is 60.4 Å².